The monoisotopic (exact) mass is 211 g/mol. The van der Waals surface area contributed by atoms with E-state index in [1.165, 1.54) is 12.1 Å². The number of aryl methyl sites for hydroxylation is 1. The molecule has 72 valence electrons. The fourth-order valence-corrected chi connectivity index (χ4v) is 1.33. The second kappa shape index (κ2) is 4.21. The smallest absolute Gasteiger partial charge is 0.181 e. The minimum absolute atomic E-state index is 0.0882. The number of halogens is 2. The van der Waals surface area contributed by atoms with E-state index in [1.807, 2.05) is 0 Å². The molecule has 0 amide bonds. The van der Waals surface area contributed by atoms with Gasteiger partial charge in [0.25, 0.3) is 0 Å². The summed E-state index contributed by atoms with van der Waals surface area (Å²) in [4.78, 5) is 11.3. The van der Waals surface area contributed by atoms with Crippen LogP contribution in [0.5, 0.6) is 0 Å². The number of carbonyl (C=O) groups excluding carboxylic acids is 1. The molecule has 0 unspecified atom stereocenters. The summed E-state index contributed by atoms with van der Waals surface area (Å²) >= 11 is 5.76. The summed E-state index contributed by atoms with van der Waals surface area (Å²) in [5, 5.41) is 8.40. The van der Waals surface area contributed by atoms with Gasteiger partial charge >= 0.3 is 0 Å². The number of rotatable bonds is 2. The topological polar surface area (TPSA) is 40.9 Å². The third-order valence-corrected chi connectivity index (χ3v) is 2.29. The standard InChI is InChI=1S/C10H7ClFNO/c1-6-2-3-7(12)9(10(6)11)8(14)4-5-13/h2-3H,4H2,1H3. The molecule has 14 heavy (non-hydrogen) atoms. The molecule has 0 aromatic heterocycles. The number of nitriles is 1. The highest BCUT2D eigenvalue weighted by atomic mass is 35.5. The van der Waals surface area contributed by atoms with E-state index in [2.05, 4.69) is 0 Å². The zero-order valence-corrected chi connectivity index (χ0v) is 8.23. The van der Waals surface area contributed by atoms with Gasteiger partial charge in [-0.3, -0.25) is 4.79 Å². The van der Waals surface area contributed by atoms with Crippen molar-refractivity contribution in [3.8, 4) is 6.07 Å². The number of nitrogens with zero attached hydrogens (tertiary/aromatic N) is 1. The van der Waals surface area contributed by atoms with Crippen molar-refractivity contribution in [2.24, 2.45) is 0 Å². The molecule has 0 aliphatic carbocycles. The Morgan fingerprint density at radius 1 is 1.64 bits per heavy atom. The normalized spacial score (nSPS) is 9.57. The van der Waals surface area contributed by atoms with Crippen molar-refractivity contribution in [1.82, 2.24) is 0 Å². The molecular weight excluding hydrogens is 205 g/mol. The average molecular weight is 212 g/mol. The molecule has 1 aromatic rings. The molecule has 0 atom stereocenters. The number of hydrogen-bond acceptors (Lipinski definition) is 2. The highest BCUT2D eigenvalue weighted by Gasteiger charge is 2.16. The quantitative estimate of drug-likeness (QED) is 0.706. The van der Waals surface area contributed by atoms with E-state index in [1.54, 1.807) is 13.0 Å². The Bertz CT molecular complexity index is 423. The second-order valence-electron chi connectivity index (χ2n) is 2.81. The van der Waals surface area contributed by atoms with Crippen LogP contribution in [-0.2, 0) is 0 Å². The van der Waals surface area contributed by atoms with Crippen molar-refractivity contribution in [3.63, 3.8) is 0 Å². The summed E-state index contributed by atoms with van der Waals surface area (Å²) in [6, 6.07) is 4.32. The molecular formula is C10H7ClFNO. The number of carbonyl (C=O) groups is 1. The van der Waals surface area contributed by atoms with Gasteiger partial charge in [0.2, 0.25) is 0 Å². The van der Waals surface area contributed by atoms with E-state index in [0.29, 0.717) is 5.56 Å². The second-order valence-corrected chi connectivity index (χ2v) is 3.19. The van der Waals surface area contributed by atoms with Gasteiger partial charge in [-0.1, -0.05) is 17.7 Å². The minimum atomic E-state index is -0.680. The number of ketones is 1. The molecule has 0 bridgehead atoms. The molecule has 0 aliphatic rings. The molecule has 0 fully saturated rings. The van der Waals surface area contributed by atoms with Crippen molar-refractivity contribution in [1.29, 1.82) is 5.26 Å². The molecule has 1 rings (SSSR count). The van der Waals surface area contributed by atoms with Gasteiger partial charge in [0, 0.05) is 0 Å². The van der Waals surface area contributed by atoms with Crippen molar-refractivity contribution in [3.05, 3.63) is 34.1 Å². The van der Waals surface area contributed by atoms with Gasteiger partial charge in [-0.05, 0) is 18.6 Å². The van der Waals surface area contributed by atoms with E-state index >= 15 is 0 Å². The molecule has 0 spiro atoms. The number of benzene rings is 1. The lowest BCUT2D eigenvalue weighted by Crippen LogP contribution is -2.03. The Kier molecular flexibility index (Phi) is 3.21. The maximum absolute atomic E-state index is 13.2. The molecule has 1 aromatic carbocycles. The molecule has 4 heteroatoms. The zero-order chi connectivity index (χ0) is 10.7. The molecule has 0 saturated heterocycles. The Morgan fingerprint density at radius 3 is 2.86 bits per heavy atom. The van der Waals surface area contributed by atoms with Crippen molar-refractivity contribution >= 4 is 17.4 Å². The molecule has 0 saturated carbocycles. The maximum Gasteiger partial charge on any atom is 0.181 e. The van der Waals surface area contributed by atoms with Gasteiger partial charge in [0.05, 0.1) is 23.1 Å². The van der Waals surface area contributed by atoms with Crippen LogP contribution in [0.4, 0.5) is 4.39 Å². The lowest BCUT2D eigenvalue weighted by atomic mass is 10.1. The van der Waals surface area contributed by atoms with Gasteiger partial charge in [0.15, 0.2) is 5.78 Å². The van der Waals surface area contributed by atoms with Crippen LogP contribution in [0.1, 0.15) is 22.3 Å². The van der Waals surface area contributed by atoms with Crippen LogP contribution < -0.4 is 0 Å². The van der Waals surface area contributed by atoms with Gasteiger partial charge in [-0.15, -0.1) is 0 Å². The minimum Gasteiger partial charge on any atom is -0.293 e. The Morgan fingerprint density at radius 2 is 2.29 bits per heavy atom. The van der Waals surface area contributed by atoms with Crippen LogP contribution in [0.2, 0.25) is 5.02 Å². The first-order valence-electron chi connectivity index (χ1n) is 3.92. The summed E-state index contributed by atoms with van der Waals surface area (Å²) in [5.41, 5.74) is 0.433. The number of Topliss-reactive ketones (excluding diaryl/α,β-unsaturated/α-hetero) is 1. The first kappa shape index (κ1) is 10.7. The fourth-order valence-electron chi connectivity index (χ4n) is 1.07. The van der Waals surface area contributed by atoms with E-state index < -0.39 is 11.6 Å². The molecule has 2 nitrogen and oxygen atoms in total. The van der Waals surface area contributed by atoms with Gasteiger partial charge < -0.3 is 0 Å². The highest BCUT2D eigenvalue weighted by Crippen LogP contribution is 2.24. The Labute approximate surface area is 85.9 Å². The third kappa shape index (κ3) is 1.91. The largest absolute Gasteiger partial charge is 0.293 e. The van der Waals surface area contributed by atoms with E-state index in [0.717, 1.165) is 0 Å². The lowest BCUT2D eigenvalue weighted by molar-refractivity contribution is 0.0994. The predicted molar refractivity (Wildman–Crippen MR) is 50.7 cm³/mol. The molecule has 0 radical (unpaired) electrons. The Balaban J connectivity index is 3.27. The average Bonchev–Trinajstić information content (AvgIpc) is 2.13. The SMILES string of the molecule is Cc1ccc(F)c(C(=O)CC#N)c1Cl. The maximum atomic E-state index is 13.2. The molecule has 0 heterocycles. The van der Waals surface area contributed by atoms with Crippen LogP contribution >= 0.6 is 11.6 Å². The summed E-state index contributed by atoms with van der Waals surface area (Å²) in [6.45, 7) is 1.67. The third-order valence-electron chi connectivity index (χ3n) is 1.80. The van der Waals surface area contributed by atoms with Crippen molar-refractivity contribution in [2.45, 2.75) is 13.3 Å². The Hall–Kier alpha value is -1.40. The van der Waals surface area contributed by atoms with Crippen LogP contribution in [0, 0.1) is 24.1 Å². The van der Waals surface area contributed by atoms with Gasteiger partial charge in [0.1, 0.15) is 5.82 Å². The lowest BCUT2D eigenvalue weighted by Gasteiger charge is -2.04. The van der Waals surface area contributed by atoms with E-state index in [4.69, 9.17) is 16.9 Å². The van der Waals surface area contributed by atoms with Gasteiger partial charge in [-0.2, -0.15) is 5.26 Å². The van der Waals surface area contributed by atoms with Crippen LogP contribution in [0.25, 0.3) is 0 Å². The van der Waals surface area contributed by atoms with E-state index in [9.17, 15) is 9.18 Å². The zero-order valence-electron chi connectivity index (χ0n) is 7.47. The first-order chi connectivity index (χ1) is 6.57. The number of hydrogen-bond donors (Lipinski definition) is 0. The molecule has 0 N–H and O–H groups in total. The van der Waals surface area contributed by atoms with E-state index in [-0.39, 0.29) is 17.0 Å². The predicted octanol–water partition coefficient (Wildman–Crippen LogP) is 2.88. The summed E-state index contributed by atoms with van der Waals surface area (Å²) in [7, 11) is 0. The molecule has 0 aliphatic heterocycles. The van der Waals surface area contributed by atoms with Crippen molar-refractivity contribution < 1.29 is 9.18 Å². The van der Waals surface area contributed by atoms with Crippen LogP contribution in [-0.4, -0.2) is 5.78 Å². The van der Waals surface area contributed by atoms with Gasteiger partial charge in [-0.25, -0.2) is 4.39 Å². The summed E-state index contributed by atoms with van der Waals surface area (Å²) < 4.78 is 13.2. The summed E-state index contributed by atoms with van der Waals surface area (Å²) in [5.74, 6) is -1.26. The van der Waals surface area contributed by atoms with Crippen LogP contribution in [0.15, 0.2) is 12.1 Å². The van der Waals surface area contributed by atoms with Crippen LogP contribution in [0.3, 0.4) is 0 Å². The highest BCUT2D eigenvalue weighted by molar-refractivity contribution is 6.34. The van der Waals surface area contributed by atoms with Crippen molar-refractivity contribution in [2.75, 3.05) is 0 Å². The fraction of sp³-hybridized carbons (Fsp3) is 0.200. The first-order valence-corrected chi connectivity index (χ1v) is 4.30. The summed E-state index contributed by atoms with van der Waals surface area (Å²) in [6.07, 6.45) is -0.361.